The zero-order chi connectivity index (χ0) is 15.6. The quantitative estimate of drug-likeness (QED) is 0.932. The van der Waals surface area contributed by atoms with Crippen molar-refractivity contribution in [3.8, 4) is 17.1 Å². The normalized spacial score (nSPS) is 24.6. The summed E-state index contributed by atoms with van der Waals surface area (Å²) in [5.41, 5.74) is 0.942. The summed E-state index contributed by atoms with van der Waals surface area (Å²) in [6.45, 7) is 2.89. The van der Waals surface area contributed by atoms with Gasteiger partial charge in [-0.25, -0.2) is 0 Å². The number of likely N-dealkylation sites (tertiary alicyclic amines) is 1. The van der Waals surface area contributed by atoms with Crippen LogP contribution in [0.5, 0.6) is 5.75 Å². The Labute approximate surface area is 135 Å². The van der Waals surface area contributed by atoms with E-state index >= 15 is 0 Å². The molecule has 1 aromatic carbocycles. The molecule has 1 N–H and O–H groups in total. The number of ether oxygens (including phenoxy) is 1. The van der Waals surface area contributed by atoms with E-state index in [-0.39, 0.29) is 0 Å². The largest absolute Gasteiger partial charge is 0.497 e. The third-order valence-electron chi connectivity index (χ3n) is 4.78. The molecule has 4 rings (SSSR count). The monoisotopic (exact) mass is 314 g/mol. The standard InChI is InChI=1S/C17H22N4O2/c1-22-15-6-2-12(3-7-15)17-19-16(23-20-17)11-21-9-8-13-4-5-14(10-21)18-13/h2-3,6-7,13-14,18H,4-5,8-11H2,1H3. The molecule has 2 aromatic rings. The molecule has 2 bridgehead atoms. The summed E-state index contributed by atoms with van der Waals surface area (Å²) in [5, 5.41) is 7.80. The van der Waals surface area contributed by atoms with Crippen molar-refractivity contribution < 1.29 is 9.26 Å². The van der Waals surface area contributed by atoms with Gasteiger partial charge in [-0.15, -0.1) is 0 Å². The molecule has 0 saturated carbocycles. The van der Waals surface area contributed by atoms with Crippen LogP contribution in [0.3, 0.4) is 0 Å². The molecule has 3 heterocycles. The molecule has 0 radical (unpaired) electrons. The minimum atomic E-state index is 0.617. The van der Waals surface area contributed by atoms with Gasteiger partial charge < -0.3 is 14.6 Å². The molecule has 122 valence electrons. The van der Waals surface area contributed by atoms with E-state index < -0.39 is 0 Å². The van der Waals surface area contributed by atoms with Gasteiger partial charge in [-0.2, -0.15) is 4.98 Å². The van der Waals surface area contributed by atoms with Crippen LogP contribution in [-0.4, -0.2) is 47.3 Å². The molecule has 2 atom stereocenters. The first kappa shape index (κ1) is 14.7. The Balaban J connectivity index is 1.43. The summed E-state index contributed by atoms with van der Waals surface area (Å²) in [6.07, 6.45) is 3.80. The van der Waals surface area contributed by atoms with E-state index in [1.54, 1.807) is 7.11 Å². The van der Waals surface area contributed by atoms with E-state index in [0.717, 1.165) is 30.9 Å². The molecular weight excluding hydrogens is 292 g/mol. The van der Waals surface area contributed by atoms with Crippen molar-refractivity contribution in [1.82, 2.24) is 20.4 Å². The van der Waals surface area contributed by atoms with Crippen molar-refractivity contribution in [2.24, 2.45) is 0 Å². The lowest BCUT2D eigenvalue weighted by Crippen LogP contribution is -2.35. The maximum atomic E-state index is 5.44. The van der Waals surface area contributed by atoms with Crippen LogP contribution >= 0.6 is 0 Å². The Morgan fingerprint density at radius 1 is 1.22 bits per heavy atom. The van der Waals surface area contributed by atoms with Gasteiger partial charge in [0.15, 0.2) is 0 Å². The van der Waals surface area contributed by atoms with Gasteiger partial charge in [-0.05, 0) is 43.5 Å². The van der Waals surface area contributed by atoms with E-state index in [2.05, 4.69) is 20.4 Å². The van der Waals surface area contributed by atoms with Crippen molar-refractivity contribution in [2.75, 3.05) is 20.2 Å². The third-order valence-corrected chi connectivity index (χ3v) is 4.78. The molecule has 6 heteroatoms. The Morgan fingerprint density at radius 2 is 2.04 bits per heavy atom. The van der Waals surface area contributed by atoms with E-state index in [9.17, 15) is 0 Å². The minimum Gasteiger partial charge on any atom is -0.497 e. The summed E-state index contributed by atoms with van der Waals surface area (Å²) < 4.78 is 10.6. The average Bonchev–Trinajstić information content (AvgIpc) is 3.16. The van der Waals surface area contributed by atoms with Gasteiger partial charge in [-0.1, -0.05) is 5.16 Å². The summed E-state index contributed by atoms with van der Waals surface area (Å²) in [6, 6.07) is 9.02. The van der Waals surface area contributed by atoms with Gasteiger partial charge in [0.05, 0.1) is 13.7 Å². The molecule has 23 heavy (non-hydrogen) atoms. The molecule has 2 saturated heterocycles. The number of hydrogen-bond donors (Lipinski definition) is 1. The Morgan fingerprint density at radius 3 is 2.87 bits per heavy atom. The molecule has 6 nitrogen and oxygen atoms in total. The Kier molecular flexibility index (Phi) is 4.01. The third kappa shape index (κ3) is 3.23. The number of nitrogens with zero attached hydrogens (tertiary/aromatic N) is 3. The summed E-state index contributed by atoms with van der Waals surface area (Å²) >= 11 is 0. The molecule has 1 aromatic heterocycles. The van der Waals surface area contributed by atoms with Gasteiger partial charge in [0.25, 0.3) is 0 Å². The van der Waals surface area contributed by atoms with Gasteiger partial charge in [-0.3, -0.25) is 4.90 Å². The van der Waals surface area contributed by atoms with Gasteiger partial charge in [0, 0.05) is 30.7 Å². The molecule has 0 spiro atoms. The van der Waals surface area contributed by atoms with Gasteiger partial charge in [0.1, 0.15) is 5.75 Å². The Hall–Kier alpha value is -1.92. The highest BCUT2D eigenvalue weighted by Gasteiger charge is 2.29. The SMILES string of the molecule is COc1ccc(-c2noc(CN3CCC4CCC(C3)N4)n2)cc1. The Bertz CT molecular complexity index is 655. The molecule has 2 aliphatic heterocycles. The van der Waals surface area contributed by atoms with Crippen molar-refractivity contribution in [2.45, 2.75) is 37.9 Å². The van der Waals surface area contributed by atoms with Crippen LogP contribution in [0.4, 0.5) is 0 Å². The highest BCUT2D eigenvalue weighted by Crippen LogP contribution is 2.23. The fourth-order valence-electron chi connectivity index (χ4n) is 3.53. The smallest absolute Gasteiger partial charge is 0.241 e. The van der Waals surface area contributed by atoms with Gasteiger partial charge in [0.2, 0.25) is 11.7 Å². The number of hydrogen-bond acceptors (Lipinski definition) is 6. The van der Waals surface area contributed by atoms with Crippen molar-refractivity contribution in [1.29, 1.82) is 0 Å². The van der Waals surface area contributed by atoms with Crippen LogP contribution in [0.15, 0.2) is 28.8 Å². The lowest BCUT2D eigenvalue weighted by Gasteiger charge is -2.21. The van der Waals surface area contributed by atoms with Crippen molar-refractivity contribution >= 4 is 0 Å². The number of rotatable bonds is 4. The summed E-state index contributed by atoms with van der Waals surface area (Å²) in [4.78, 5) is 6.96. The molecule has 0 aliphatic carbocycles. The summed E-state index contributed by atoms with van der Waals surface area (Å²) in [5.74, 6) is 2.15. The molecule has 0 amide bonds. The lowest BCUT2D eigenvalue weighted by atomic mass is 10.1. The first-order valence-corrected chi connectivity index (χ1v) is 8.25. The van der Waals surface area contributed by atoms with E-state index in [4.69, 9.17) is 9.26 Å². The second-order valence-electron chi connectivity index (χ2n) is 6.40. The number of nitrogens with one attached hydrogen (secondary N) is 1. The highest BCUT2D eigenvalue weighted by molar-refractivity contribution is 5.55. The van der Waals surface area contributed by atoms with Crippen LogP contribution in [0.25, 0.3) is 11.4 Å². The predicted molar refractivity (Wildman–Crippen MR) is 86.1 cm³/mol. The molecular formula is C17H22N4O2. The van der Waals surface area contributed by atoms with E-state index in [1.165, 1.54) is 19.3 Å². The average molecular weight is 314 g/mol. The molecule has 2 unspecified atom stereocenters. The second-order valence-corrected chi connectivity index (χ2v) is 6.40. The van der Waals surface area contributed by atoms with Crippen molar-refractivity contribution in [3.05, 3.63) is 30.2 Å². The zero-order valence-electron chi connectivity index (χ0n) is 13.4. The number of methoxy groups -OCH3 is 1. The number of benzene rings is 1. The van der Waals surface area contributed by atoms with Crippen LogP contribution in [0.2, 0.25) is 0 Å². The van der Waals surface area contributed by atoms with Gasteiger partial charge >= 0.3 is 0 Å². The minimum absolute atomic E-state index is 0.617. The maximum absolute atomic E-state index is 5.44. The summed E-state index contributed by atoms with van der Waals surface area (Å²) in [7, 11) is 1.66. The predicted octanol–water partition coefficient (Wildman–Crippen LogP) is 2.07. The number of fused-ring (bicyclic) bond motifs is 2. The topological polar surface area (TPSA) is 63.4 Å². The first-order valence-electron chi connectivity index (χ1n) is 8.25. The zero-order valence-corrected chi connectivity index (χ0v) is 13.4. The number of aromatic nitrogens is 2. The van der Waals surface area contributed by atoms with E-state index in [0.29, 0.717) is 23.8 Å². The molecule has 2 fully saturated rings. The lowest BCUT2D eigenvalue weighted by molar-refractivity contribution is 0.216. The van der Waals surface area contributed by atoms with Crippen LogP contribution in [-0.2, 0) is 6.54 Å². The van der Waals surface area contributed by atoms with Crippen LogP contribution in [0, 0.1) is 0 Å². The fourth-order valence-corrected chi connectivity index (χ4v) is 3.53. The van der Waals surface area contributed by atoms with Crippen molar-refractivity contribution in [3.63, 3.8) is 0 Å². The fraction of sp³-hybridized carbons (Fsp3) is 0.529. The van der Waals surface area contributed by atoms with E-state index in [1.807, 2.05) is 24.3 Å². The second kappa shape index (κ2) is 6.29. The maximum Gasteiger partial charge on any atom is 0.241 e. The molecule has 2 aliphatic rings. The van der Waals surface area contributed by atoms with Crippen LogP contribution < -0.4 is 10.1 Å². The highest BCUT2D eigenvalue weighted by atomic mass is 16.5. The van der Waals surface area contributed by atoms with Crippen LogP contribution in [0.1, 0.15) is 25.2 Å². The first-order chi connectivity index (χ1) is 11.3.